The number of carbonyl (C=O) groups excluding carboxylic acids is 1. The molecule has 0 aliphatic heterocycles. The predicted octanol–water partition coefficient (Wildman–Crippen LogP) is 1.28. The lowest BCUT2D eigenvalue weighted by atomic mass is 9.88. The van der Waals surface area contributed by atoms with E-state index in [0.717, 1.165) is 0 Å². The number of carboxylic acids is 2. The van der Waals surface area contributed by atoms with Crippen LogP contribution in [0.2, 0.25) is 0 Å². The van der Waals surface area contributed by atoms with Crippen LogP contribution in [0.5, 0.6) is 0 Å². The Kier molecular flexibility index (Phi) is 19.0. The van der Waals surface area contributed by atoms with Gasteiger partial charge in [-0.15, -0.1) is 0 Å². The van der Waals surface area contributed by atoms with Gasteiger partial charge >= 0.3 is 17.9 Å². The van der Waals surface area contributed by atoms with Gasteiger partial charge in [-0.2, -0.15) is 0 Å². The summed E-state index contributed by atoms with van der Waals surface area (Å²) >= 11 is 0. The fourth-order valence-corrected chi connectivity index (χ4v) is 0.803. The smallest absolute Gasteiger partial charge is 0.305 e. The summed E-state index contributed by atoms with van der Waals surface area (Å²) in [6.07, 6.45) is 1.34. The summed E-state index contributed by atoms with van der Waals surface area (Å²) in [5, 5.41) is 33.5. The number of carboxylic acid groups (broad SMARTS) is 2. The van der Waals surface area contributed by atoms with Crippen molar-refractivity contribution < 1.29 is 39.5 Å². The zero-order valence-corrected chi connectivity index (χ0v) is 14.4. The number of carbonyl (C=O) groups is 3. The van der Waals surface area contributed by atoms with Crippen LogP contribution in [0.1, 0.15) is 53.4 Å². The molecule has 0 unspecified atom stereocenters. The van der Waals surface area contributed by atoms with Crippen LogP contribution in [0.4, 0.5) is 0 Å². The van der Waals surface area contributed by atoms with E-state index >= 15 is 0 Å². The van der Waals surface area contributed by atoms with Crippen LogP contribution in [-0.2, 0) is 19.1 Å². The van der Waals surface area contributed by atoms with Gasteiger partial charge < -0.3 is 25.2 Å². The second kappa shape index (κ2) is 16.7. The summed E-state index contributed by atoms with van der Waals surface area (Å²) in [4.78, 5) is 29.6. The molecule has 0 aromatic heterocycles. The molecule has 0 aliphatic rings. The number of aliphatic hydroxyl groups is 2. The highest BCUT2D eigenvalue weighted by molar-refractivity contribution is 5.68. The number of rotatable bonds is 8. The van der Waals surface area contributed by atoms with Crippen molar-refractivity contribution in [2.24, 2.45) is 5.41 Å². The van der Waals surface area contributed by atoms with Gasteiger partial charge in [0.2, 0.25) is 0 Å². The van der Waals surface area contributed by atoms with Crippen molar-refractivity contribution in [1.29, 1.82) is 0 Å². The third kappa shape index (κ3) is 18.3. The Morgan fingerprint density at radius 2 is 1.17 bits per heavy atom. The Morgan fingerprint density at radius 1 is 0.826 bits per heavy atom. The standard InChI is InChI=1S/C9H18O4.2C3H6O2/c1-3-8(12)13-7-9(4-2,5-10)6-11;2*1-2-3(4)5/h10-11H,3-7H2,1-2H3;2*2H2,1H3,(H,4,5). The lowest BCUT2D eigenvalue weighted by Gasteiger charge is -2.27. The first-order chi connectivity index (χ1) is 10.7. The number of aliphatic hydroxyl groups excluding tert-OH is 2. The average Bonchev–Trinajstić information content (AvgIpc) is 2.57. The first kappa shape index (κ1) is 26.2. The van der Waals surface area contributed by atoms with Crippen molar-refractivity contribution in [1.82, 2.24) is 0 Å². The topological polar surface area (TPSA) is 141 Å². The van der Waals surface area contributed by atoms with Crippen LogP contribution in [-0.4, -0.2) is 58.2 Å². The van der Waals surface area contributed by atoms with Gasteiger partial charge in [-0.25, -0.2) is 0 Å². The first-order valence-corrected chi connectivity index (χ1v) is 7.49. The van der Waals surface area contributed by atoms with Crippen LogP contribution in [0.3, 0.4) is 0 Å². The number of aliphatic carboxylic acids is 2. The van der Waals surface area contributed by atoms with Crippen molar-refractivity contribution in [2.45, 2.75) is 53.4 Å². The van der Waals surface area contributed by atoms with Gasteiger partial charge in [0.25, 0.3) is 0 Å². The molecule has 0 rings (SSSR count). The zero-order valence-electron chi connectivity index (χ0n) is 14.4. The summed E-state index contributed by atoms with van der Waals surface area (Å²) in [5.74, 6) is -1.80. The number of hydrogen-bond donors (Lipinski definition) is 4. The van der Waals surface area contributed by atoms with Crippen molar-refractivity contribution >= 4 is 17.9 Å². The minimum atomic E-state index is -0.745. The van der Waals surface area contributed by atoms with Crippen molar-refractivity contribution in [3.63, 3.8) is 0 Å². The van der Waals surface area contributed by atoms with Crippen molar-refractivity contribution in [3.05, 3.63) is 0 Å². The number of hydrogen-bond acceptors (Lipinski definition) is 6. The number of esters is 1. The molecule has 8 nitrogen and oxygen atoms in total. The maximum Gasteiger partial charge on any atom is 0.305 e. The average molecular weight is 338 g/mol. The molecule has 0 saturated heterocycles. The minimum Gasteiger partial charge on any atom is -0.481 e. The molecule has 0 radical (unpaired) electrons. The van der Waals surface area contributed by atoms with E-state index in [-0.39, 0.29) is 38.6 Å². The van der Waals surface area contributed by atoms with Gasteiger partial charge in [0.15, 0.2) is 0 Å². The summed E-state index contributed by atoms with van der Waals surface area (Å²) in [6, 6.07) is 0. The van der Waals surface area contributed by atoms with Gasteiger partial charge in [-0.05, 0) is 6.42 Å². The van der Waals surface area contributed by atoms with Crippen LogP contribution in [0.25, 0.3) is 0 Å². The quantitative estimate of drug-likeness (QED) is 0.485. The van der Waals surface area contributed by atoms with Crippen LogP contribution in [0, 0.1) is 5.41 Å². The Bertz CT molecular complexity index is 301. The molecule has 4 N–H and O–H groups in total. The maximum absolute atomic E-state index is 10.8. The Balaban J connectivity index is -0.000000329. The third-order valence-electron chi connectivity index (χ3n) is 2.85. The van der Waals surface area contributed by atoms with Crippen LogP contribution < -0.4 is 0 Å². The molecule has 0 atom stereocenters. The molecule has 0 spiro atoms. The van der Waals surface area contributed by atoms with E-state index in [2.05, 4.69) is 0 Å². The lowest BCUT2D eigenvalue weighted by molar-refractivity contribution is -0.149. The molecule has 0 fully saturated rings. The Hall–Kier alpha value is -1.67. The van der Waals surface area contributed by atoms with E-state index in [1.807, 2.05) is 6.92 Å². The van der Waals surface area contributed by atoms with Crippen LogP contribution >= 0.6 is 0 Å². The van der Waals surface area contributed by atoms with Gasteiger partial charge in [0.1, 0.15) is 6.61 Å². The van der Waals surface area contributed by atoms with E-state index in [4.69, 9.17) is 25.2 Å². The highest BCUT2D eigenvalue weighted by Crippen LogP contribution is 2.20. The molecule has 0 aliphatic carbocycles. The third-order valence-corrected chi connectivity index (χ3v) is 2.85. The second-order valence-corrected chi connectivity index (χ2v) is 4.68. The van der Waals surface area contributed by atoms with Gasteiger partial charge in [-0.3, -0.25) is 14.4 Å². The highest BCUT2D eigenvalue weighted by atomic mass is 16.5. The van der Waals surface area contributed by atoms with Crippen molar-refractivity contribution in [3.8, 4) is 0 Å². The Morgan fingerprint density at radius 3 is 1.35 bits per heavy atom. The largest absolute Gasteiger partial charge is 0.481 e. The normalized spacial score (nSPS) is 9.65. The van der Waals surface area contributed by atoms with E-state index in [9.17, 15) is 14.4 Å². The van der Waals surface area contributed by atoms with Gasteiger partial charge in [0, 0.05) is 19.3 Å². The molecule has 0 aromatic rings. The van der Waals surface area contributed by atoms with Crippen LogP contribution in [0.15, 0.2) is 0 Å². The summed E-state index contributed by atoms with van der Waals surface area (Å²) in [7, 11) is 0. The summed E-state index contributed by atoms with van der Waals surface area (Å²) < 4.78 is 4.87. The van der Waals surface area contributed by atoms with E-state index in [0.29, 0.717) is 12.8 Å². The SMILES string of the molecule is CCC(=O)O.CCC(=O)O.CCC(=O)OCC(CC)(CO)CO. The maximum atomic E-state index is 10.8. The second-order valence-electron chi connectivity index (χ2n) is 4.68. The number of ether oxygens (including phenoxy) is 1. The lowest BCUT2D eigenvalue weighted by Crippen LogP contribution is -2.35. The molecule has 0 saturated carbocycles. The molecule has 8 heteroatoms. The van der Waals surface area contributed by atoms with E-state index in [1.54, 1.807) is 20.8 Å². The minimum absolute atomic E-state index is 0.0865. The molecule has 0 heterocycles. The molecule has 0 bridgehead atoms. The predicted molar refractivity (Wildman–Crippen MR) is 84.0 cm³/mol. The first-order valence-electron chi connectivity index (χ1n) is 7.49. The van der Waals surface area contributed by atoms with Gasteiger partial charge in [0.05, 0.1) is 18.6 Å². The highest BCUT2D eigenvalue weighted by Gasteiger charge is 2.28. The molecule has 0 aromatic carbocycles. The van der Waals surface area contributed by atoms with Gasteiger partial charge in [-0.1, -0.05) is 27.7 Å². The van der Waals surface area contributed by atoms with E-state index < -0.39 is 17.4 Å². The molecular formula is C15H30O8. The summed E-state index contributed by atoms with van der Waals surface area (Å²) in [5.41, 5.74) is -0.676. The Labute approximate surface area is 137 Å². The molecular weight excluding hydrogens is 308 g/mol. The van der Waals surface area contributed by atoms with Crippen molar-refractivity contribution in [2.75, 3.05) is 19.8 Å². The zero-order chi connectivity index (χ0) is 18.9. The van der Waals surface area contributed by atoms with E-state index in [1.165, 1.54) is 0 Å². The molecule has 23 heavy (non-hydrogen) atoms. The molecule has 0 amide bonds. The summed E-state index contributed by atoms with van der Waals surface area (Å²) in [6.45, 7) is 6.49. The fraction of sp³-hybridized carbons (Fsp3) is 0.800. The molecule has 138 valence electrons. The fourth-order valence-electron chi connectivity index (χ4n) is 0.803. The monoisotopic (exact) mass is 338 g/mol.